The molecule has 2 aliphatic carbocycles. The number of hydrogen-bond acceptors (Lipinski definition) is 0. The summed E-state index contributed by atoms with van der Waals surface area (Å²) < 4.78 is 0. The highest BCUT2D eigenvalue weighted by molar-refractivity contribution is 8.36. The lowest BCUT2D eigenvalue weighted by Gasteiger charge is -2.63. The molecule has 1 saturated carbocycles. The molecule has 1 aliphatic heterocycles. The fourth-order valence-electron chi connectivity index (χ4n) is 7.88. The molecule has 36 heavy (non-hydrogen) atoms. The van der Waals surface area contributed by atoms with E-state index in [0.717, 1.165) is 11.8 Å². The Hall–Kier alpha value is -0.960. The average molecular weight is 519 g/mol. The average Bonchev–Trinajstić information content (AvgIpc) is 3.25. The van der Waals surface area contributed by atoms with Crippen LogP contribution >= 0.6 is 15.2 Å². The summed E-state index contributed by atoms with van der Waals surface area (Å²) in [7, 11) is 0.236. The molecule has 2 heteroatoms. The van der Waals surface area contributed by atoms with Crippen molar-refractivity contribution in [3.8, 4) is 0 Å². The van der Waals surface area contributed by atoms with E-state index in [9.17, 15) is 0 Å². The molecule has 0 nitrogen and oxygen atoms in total. The third kappa shape index (κ3) is 4.69. The van der Waals surface area contributed by atoms with Crippen molar-refractivity contribution in [2.75, 3.05) is 12.3 Å². The van der Waals surface area contributed by atoms with Gasteiger partial charge in [-0.3, -0.25) is 0 Å². The van der Waals surface area contributed by atoms with Gasteiger partial charge < -0.3 is 0 Å². The van der Waals surface area contributed by atoms with Crippen LogP contribution in [0.2, 0.25) is 0 Å². The first kappa shape index (κ1) is 26.6. The third-order valence-electron chi connectivity index (χ3n) is 9.40. The molecule has 1 spiro atoms. The first-order chi connectivity index (χ1) is 17.8. The molecule has 5 rings (SSSR count). The number of rotatable bonds is 13. The predicted octanol–water partition coefficient (Wildman–Crippen LogP) is 11.6. The Morgan fingerprint density at radius 3 is 2.39 bits per heavy atom. The number of allylic oxidation sites excluding steroid dienone is 4. The molecule has 1 saturated heterocycles. The largest absolute Gasteiger partial charge is 0.0801 e. The highest BCUT2D eigenvalue weighted by atomic mass is 32.1. The van der Waals surface area contributed by atoms with Crippen molar-refractivity contribution in [3.05, 3.63) is 71.6 Å². The maximum absolute atomic E-state index is 2.67. The lowest BCUT2D eigenvalue weighted by atomic mass is 9.78. The molecule has 6 unspecified atom stereocenters. The molecule has 0 radical (unpaired) electrons. The van der Waals surface area contributed by atoms with Gasteiger partial charge in [0.1, 0.15) is 0 Å². The highest BCUT2D eigenvalue weighted by Crippen LogP contribution is 2.98. The number of hydrogen-bond donors (Lipinski definition) is 0. The van der Waals surface area contributed by atoms with Crippen LogP contribution in [0.5, 0.6) is 0 Å². The van der Waals surface area contributed by atoms with Gasteiger partial charge in [-0.05, 0) is 77.4 Å². The van der Waals surface area contributed by atoms with Gasteiger partial charge in [0.05, 0.1) is 0 Å². The molecule has 0 amide bonds. The van der Waals surface area contributed by atoms with E-state index >= 15 is 0 Å². The van der Waals surface area contributed by atoms with Crippen LogP contribution in [0.15, 0.2) is 66.0 Å². The van der Waals surface area contributed by atoms with E-state index in [1.165, 1.54) is 87.6 Å². The maximum atomic E-state index is 2.67. The smallest absolute Gasteiger partial charge is 0.0301 e. The Bertz CT molecular complexity index is 1060. The molecule has 2 aromatic carbocycles. The van der Waals surface area contributed by atoms with Gasteiger partial charge >= 0.3 is 0 Å². The molecule has 2 fully saturated rings. The Labute approximate surface area is 223 Å². The quantitative estimate of drug-likeness (QED) is 0.183. The van der Waals surface area contributed by atoms with Crippen molar-refractivity contribution in [3.63, 3.8) is 0 Å². The van der Waals surface area contributed by atoms with E-state index in [1.807, 2.05) is 5.31 Å². The van der Waals surface area contributed by atoms with E-state index in [0.29, 0.717) is 11.1 Å². The minimum absolute atomic E-state index is 0.118. The molecule has 0 bridgehead atoms. The van der Waals surface area contributed by atoms with Gasteiger partial charge in [0.2, 0.25) is 0 Å². The molecule has 194 valence electrons. The van der Waals surface area contributed by atoms with Crippen LogP contribution in [0.4, 0.5) is 0 Å². The second-order valence-electron chi connectivity index (χ2n) is 11.5. The molecular weight excluding hydrogens is 470 g/mol. The summed E-state index contributed by atoms with van der Waals surface area (Å²) in [5, 5.41) is 5.45. The van der Waals surface area contributed by atoms with Crippen LogP contribution < -0.4 is 0 Å². The van der Waals surface area contributed by atoms with Crippen molar-refractivity contribution >= 4 is 26.0 Å². The summed E-state index contributed by atoms with van der Waals surface area (Å²) in [6.45, 7) is 7.17. The van der Waals surface area contributed by atoms with Crippen LogP contribution in [-0.4, -0.2) is 17.5 Å². The summed E-state index contributed by atoms with van der Waals surface area (Å²) in [6, 6.07) is 16.3. The topological polar surface area (TPSA) is 0 Å². The summed E-state index contributed by atoms with van der Waals surface area (Å²) in [5.41, 5.74) is 1.65. The van der Waals surface area contributed by atoms with Crippen molar-refractivity contribution < 1.29 is 0 Å². The first-order valence-electron chi connectivity index (χ1n) is 15.2. The minimum atomic E-state index is 0.118. The van der Waals surface area contributed by atoms with Crippen molar-refractivity contribution in [1.82, 2.24) is 0 Å². The number of unbranched alkanes of at least 4 members (excludes halogenated alkanes) is 6. The molecule has 1 heterocycles. The van der Waals surface area contributed by atoms with E-state index in [1.54, 1.807) is 11.7 Å². The van der Waals surface area contributed by atoms with Gasteiger partial charge in [-0.2, -0.15) is 0 Å². The fourth-order valence-corrected chi connectivity index (χ4v) is 19.5. The van der Waals surface area contributed by atoms with Crippen LogP contribution in [0.25, 0.3) is 10.8 Å². The third-order valence-corrected chi connectivity index (χ3v) is 19.1. The molecule has 6 atom stereocenters. The Morgan fingerprint density at radius 2 is 1.56 bits per heavy atom. The molecular formula is C34H48P2. The van der Waals surface area contributed by atoms with E-state index in [2.05, 4.69) is 81.5 Å². The summed E-state index contributed by atoms with van der Waals surface area (Å²) in [6.07, 6.45) is 26.4. The van der Waals surface area contributed by atoms with Gasteiger partial charge in [-0.15, -0.1) is 0 Å². The van der Waals surface area contributed by atoms with Gasteiger partial charge in [0, 0.05) is 5.16 Å². The first-order valence-corrected chi connectivity index (χ1v) is 18.9. The molecule has 0 N–H and O–H groups in total. The van der Waals surface area contributed by atoms with Gasteiger partial charge in [0.15, 0.2) is 0 Å². The van der Waals surface area contributed by atoms with Crippen LogP contribution in [0, 0.1) is 11.8 Å². The predicted molar refractivity (Wildman–Crippen MR) is 165 cm³/mol. The zero-order valence-corrected chi connectivity index (χ0v) is 24.9. The maximum Gasteiger partial charge on any atom is 0.0301 e. The lowest BCUT2D eigenvalue weighted by molar-refractivity contribution is 0.386. The van der Waals surface area contributed by atoms with Crippen molar-refractivity contribution in [2.45, 2.75) is 102 Å². The summed E-state index contributed by atoms with van der Waals surface area (Å²) >= 11 is 0. The van der Waals surface area contributed by atoms with Crippen molar-refractivity contribution in [2.24, 2.45) is 11.8 Å². The van der Waals surface area contributed by atoms with Crippen LogP contribution in [0.1, 0.15) is 103 Å². The van der Waals surface area contributed by atoms with E-state index in [-0.39, 0.29) is 15.2 Å². The van der Waals surface area contributed by atoms with Gasteiger partial charge in [0.25, 0.3) is 0 Å². The lowest BCUT2D eigenvalue weighted by Crippen LogP contribution is -2.47. The second-order valence-corrected chi connectivity index (χ2v) is 18.2. The summed E-state index contributed by atoms with van der Waals surface area (Å²) in [5.74, 6) is 2.33. The van der Waals surface area contributed by atoms with E-state index in [4.69, 9.17) is 0 Å². The normalized spacial score (nSPS) is 30.6. The Morgan fingerprint density at radius 1 is 0.806 bits per heavy atom. The van der Waals surface area contributed by atoms with Gasteiger partial charge in [-0.25, -0.2) is 0 Å². The van der Waals surface area contributed by atoms with Gasteiger partial charge in [-0.1, -0.05) is 142 Å². The van der Waals surface area contributed by atoms with E-state index < -0.39 is 0 Å². The summed E-state index contributed by atoms with van der Waals surface area (Å²) in [4.78, 5) is 0. The zero-order valence-electron chi connectivity index (χ0n) is 23.1. The Kier molecular flexibility index (Phi) is 9.08. The molecule has 2 aromatic rings. The molecule has 3 aliphatic rings. The fraction of sp³-hybridized carbons (Fsp3) is 0.588. The van der Waals surface area contributed by atoms with Crippen LogP contribution in [0.3, 0.4) is 0 Å². The number of fused-ring (bicyclic) bond motifs is 1. The van der Waals surface area contributed by atoms with Crippen molar-refractivity contribution in [1.29, 1.82) is 0 Å². The standard InChI is InChI=1S/C34H48P2/c1-4-7-9-10-14-24-35-33-23-16-20-28-26-31(30-22-15-19-27-18-11-12-21-29(27)30)32(17-6-3)34(28,33)36(35)25-13-8-5-2/h11-12,15-16,18-23,28,31-32H,4-10,13-14,17,24-26H2,1-3H3. The Balaban J connectivity index is 1.49. The highest BCUT2D eigenvalue weighted by Gasteiger charge is 2.68. The SMILES string of the molecule is CCCCCCCP1C2=CC=CC3CC(c4cccc5ccccc45)C(CCC)C23P1CCCCC. The number of benzene rings is 2. The zero-order chi connectivity index (χ0) is 25.0. The monoisotopic (exact) mass is 518 g/mol. The van der Waals surface area contributed by atoms with Crippen LogP contribution in [-0.2, 0) is 0 Å². The minimum Gasteiger partial charge on any atom is -0.0801 e. The molecule has 0 aromatic heterocycles. The second kappa shape index (κ2) is 12.3.